The summed E-state index contributed by atoms with van der Waals surface area (Å²) in [5.41, 5.74) is -0.577. The van der Waals surface area contributed by atoms with Crippen molar-refractivity contribution in [1.82, 2.24) is 20.5 Å². The first kappa shape index (κ1) is 29.0. The van der Waals surface area contributed by atoms with Crippen molar-refractivity contribution in [3.63, 3.8) is 0 Å². The van der Waals surface area contributed by atoms with Crippen LogP contribution in [0.4, 0.5) is 4.79 Å². The molecule has 2 heterocycles. The lowest BCUT2D eigenvalue weighted by Crippen LogP contribution is -2.64. The molecular formula is C27H39N5O6S. The van der Waals surface area contributed by atoms with Gasteiger partial charge >= 0.3 is 6.03 Å². The molecule has 1 unspecified atom stereocenters. The minimum atomic E-state index is -1.13. The van der Waals surface area contributed by atoms with Gasteiger partial charge in [0.25, 0.3) is 17.4 Å². The van der Waals surface area contributed by atoms with Gasteiger partial charge in [-0.25, -0.2) is 4.79 Å². The van der Waals surface area contributed by atoms with Gasteiger partial charge in [0.2, 0.25) is 6.79 Å². The van der Waals surface area contributed by atoms with Crippen LogP contribution in [-0.4, -0.2) is 77.9 Å². The fraction of sp³-hybridized carbons (Fsp3) is 0.630. The SMILES string of the molecule is CC(C)CCC(=O)C1OC(SCCN(C)C)=NN1C(=O)NC1(NC(=O)c2ccc3c(c2)OCO3)CCCCC1. The van der Waals surface area contributed by atoms with E-state index in [-0.39, 0.29) is 30.1 Å². The summed E-state index contributed by atoms with van der Waals surface area (Å²) < 4.78 is 16.6. The Morgan fingerprint density at radius 2 is 1.87 bits per heavy atom. The highest BCUT2D eigenvalue weighted by Gasteiger charge is 2.43. The molecule has 12 heteroatoms. The average molecular weight is 562 g/mol. The number of carbonyl (C=O) groups excluding carboxylic acids is 3. The Hall–Kier alpha value is -2.99. The van der Waals surface area contributed by atoms with E-state index in [0.717, 1.165) is 30.8 Å². The molecule has 4 rings (SSSR count). The van der Waals surface area contributed by atoms with Crippen LogP contribution < -0.4 is 20.1 Å². The molecule has 1 atom stereocenters. The number of ketones is 1. The Bertz CT molecular complexity index is 1090. The van der Waals surface area contributed by atoms with Gasteiger partial charge in [0, 0.05) is 24.3 Å². The Balaban J connectivity index is 1.49. The van der Waals surface area contributed by atoms with Crippen LogP contribution in [0.3, 0.4) is 0 Å². The first-order valence-electron chi connectivity index (χ1n) is 13.5. The Morgan fingerprint density at radius 3 is 2.59 bits per heavy atom. The molecule has 1 fully saturated rings. The zero-order valence-electron chi connectivity index (χ0n) is 23.2. The van der Waals surface area contributed by atoms with E-state index in [9.17, 15) is 14.4 Å². The summed E-state index contributed by atoms with van der Waals surface area (Å²) in [6.45, 7) is 5.00. The predicted octanol–water partition coefficient (Wildman–Crippen LogP) is 3.74. The van der Waals surface area contributed by atoms with Crippen LogP contribution in [0.5, 0.6) is 11.5 Å². The third kappa shape index (κ3) is 7.57. The van der Waals surface area contributed by atoms with Crippen LogP contribution in [0.1, 0.15) is 69.2 Å². The molecule has 39 heavy (non-hydrogen) atoms. The predicted molar refractivity (Wildman–Crippen MR) is 149 cm³/mol. The molecular weight excluding hydrogens is 522 g/mol. The fourth-order valence-electron chi connectivity index (χ4n) is 4.62. The summed E-state index contributed by atoms with van der Waals surface area (Å²) in [7, 11) is 3.94. The third-order valence-electron chi connectivity index (χ3n) is 6.88. The van der Waals surface area contributed by atoms with Crippen molar-refractivity contribution < 1.29 is 28.6 Å². The van der Waals surface area contributed by atoms with Gasteiger partial charge < -0.3 is 29.7 Å². The second-order valence-corrected chi connectivity index (χ2v) is 11.9. The van der Waals surface area contributed by atoms with Crippen LogP contribution in [0.2, 0.25) is 0 Å². The van der Waals surface area contributed by atoms with Crippen molar-refractivity contribution in [2.45, 2.75) is 70.7 Å². The van der Waals surface area contributed by atoms with E-state index < -0.39 is 17.9 Å². The van der Waals surface area contributed by atoms with Crippen LogP contribution in [0.25, 0.3) is 0 Å². The van der Waals surface area contributed by atoms with Gasteiger partial charge in [0.05, 0.1) is 0 Å². The first-order valence-corrected chi connectivity index (χ1v) is 14.5. The molecule has 1 aromatic rings. The van der Waals surface area contributed by atoms with Crippen LogP contribution >= 0.6 is 11.8 Å². The number of ether oxygens (including phenoxy) is 3. The van der Waals surface area contributed by atoms with Crippen molar-refractivity contribution >= 4 is 34.7 Å². The molecule has 0 aromatic heterocycles. The maximum atomic E-state index is 13.6. The molecule has 0 saturated heterocycles. The summed E-state index contributed by atoms with van der Waals surface area (Å²) in [4.78, 5) is 42.0. The normalized spacial score (nSPS) is 19.6. The number of carbonyl (C=O) groups is 3. The van der Waals surface area contributed by atoms with Crippen molar-refractivity contribution in [3.05, 3.63) is 23.8 Å². The van der Waals surface area contributed by atoms with Gasteiger partial charge in [-0.1, -0.05) is 32.0 Å². The Labute approximate surface area is 234 Å². The number of hydrazone groups is 1. The highest BCUT2D eigenvalue weighted by atomic mass is 32.2. The molecule has 2 aliphatic heterocycles. The molecule has 0 bridgehead atoms. The second-order valence-electron chi connectivity index (χ2n) is 10.8. The molecule has 3 amide bonds. The number of urea groups is 1. The topological polar surface area (TPSA) is 122 Å². The molecule has 1 aliphatic carbocycles. The zero-order valence-corrected chi connectivity index (χ0v) is 24.0. The molecule has 1 saturated carbocycles. The lowest BCUT2D eigenvalue weighted by atomic mass is 9.88. The summed E-state index contributed by atoms with van der Waals surface area (Å²) in [6, 6.07) is 4.42. The number of fused-ring (bicyclic) bond motifs is 1. The molecule has 3 aliphatic rings. The van der Waals surface area contributed by atoms with Crippen LogP contribution in [-0.2, 0) is 9.53 Å². The summed E-state index contributed by atoms with van der Waals surface area (Å²) >= 11 is 1.36. The van der Waals surface area contributed by atoms with E-state index in [1.54, 1.807) is 18.2 Å². The van der Waals surface area contributed by atoms with Crippen molar-refractivity contribution in [1.29, 1.82) is 0 Å². The minimum absolute atomic E-state index is 0.116. The van der Waals surface area contributed by atoms with E-state index in [4.69, 9.17) is 14.2 Å². The lowest BCUT2D eigenvalue weighted by molar-refractivity contribution is -0.131. The van der Waals surface area contributed by atoms with Gasteiger partial charge in [0.15, 0.2) is 17.3 Å². The van der Waals surface area contributed by atoms with Gasteiger partial charge in [-0.2, -0.15) is 5.01 Å². The van der Waals surface area contributed by atoms with E-state index in [1.165, 1.54) is 11.8 Å². The van der Waals surface area contributed by atoms with E-state index in [0.29, 0.717) is 48.0 Å². The molecule has 11 nitrogen and oxygen atoms in total. The largest absolute Gasteiger partial charge is 0.454 e. The molecule has 1 aromatic carbocycles. The van der Waals surface area contributed by atoms with E-state index in [2.05, 4.69) is 15.7 Å². The second kappa shape index (κ2) is 12.9. The lowest BCUT2D eigenvalue weighted by Gasteiger charge is -2.39. The number of hydrogen-bond acceptors (Lipinski definition) is 9. The van der Waals surface area contributed by atoms with Crippen molar-refractivity contribution in [2.75, 3.05) is 33.2 Å². The first-order chi connectivity index (χ1) is 18.7. The summed E-state index contributed by atoms with van der Waals surface area (Å²) in [6.07, 6.45) is 3.64. The zero-order chi connectivity index (χ0) is 28.0. The third-order valence-corrected chi connectivity index (χ3v) is 7.69. The number of hydrogen-bond donors (Lipinski definition) is 2. The van der Waals surface area contributed by atoms with Crippen molar-refractivity contribution in [2.24, 2.45) is 11.0 Å². The van der Waals surface area contributed by atoms with Gasteiger partial charge in [-0.15, -0.1) is 5.10 Å². The van der Waals surface area contributed by atoms with Gasteiger partial charge in [-0.05, 0) is 70.3 Å². The van der Waals surface area contributed by atoms with Crippen LogP contribution in [0, 0.1) is 5.92 Å². The fourth-order valence-corrected chi connectivity index (χ4v) is 5.56. The Kier molecular flexibility index (Phi) is 9.60. The highest BCUT2D eigenvalue weighted by molar-refractivity contribution is 8.13. The maximum absolute atomic E-state index is 13.6. The molecule has 214 valence electrons. The molecule has 0 spiro atoms. The van der Waals surface area contributed by atoms with E-state index in [1.807, 2.05) is 32.8 Å². The summed E-state index contributed by atoms with van der Waals surface area (Å²) in [5.74, 6) is 1.60. The van der Waals surface area contributed by atoms with Gasteiger partial charge in [-0.3, -0.25) is 9.59 Å². The number of rotatable bonds is 10. The monoisotopic (exact) mass is 561 g/mol. The maximum Gasteiger partial charge on any atom is 0.343 e. The number of benzene rings is 1. The number of nitrogens with one attached hydrogen (secondary N) is 2. The standard InChI is InChI=1S/C27H39N5O6S/c1-18(2)8-10-20(33)24-32(30-26(38-24)39-15-14-31(3)4)25(35)29-27(12-6-5-7-13-27)28-23(34)19-9-11-21-22(16-19)37-17-36-21/h9,11,16,18,24H,5-8,10,12-15,17H2,1-4H3,(H,28,34)(H,29,35). The molecule has 0 radical (unpaired) electrons. The molecule has 2 N–H and O–H groups in total. The summed E-state index contributed by atoms with van der Waals surface area (Å²) in [5, 5.41) is 11.8. The number of nitrogens with zero attached hydrogens (tertiary/aromatic N) is 3. The number of amides is 3. The quantitative estimate of drug-likeness (QED) is 0.415. The minimum Gasteiger partial charge on any atom is -0.454 e. The van der Waals surface area contributed by atoms with Crippen molar-refractivity contribution in [3.8, 4) is 11.5 Å². The number of Topliss-reactive ketones (excluding diaryl/α,β-unsaturated/α-hetero) is 1. The Morgan fingerprint density at radius 1 is 1.13 bits per heavy atom. The van der Waals surface area contributed by atoms with Gasteiger partial charge in [0.1, 0.15) is 5.66 Å². The number of thioether (sulfide) groups is 1. The van der Waals surface area contributed by atoms with Crippen LogP contribution in [0.15, 0.2) is 23.3 Å². The van der Waals surface area contributed by atoms with E-state index >= 15 is 0 Å². The average Bonchev–Trinajstić information content (AvgIpc) is 3.54. The highest BCUT2D eigenvalue weighted by Crippen LogP contribution is 2.33. The smallest absolute Gasteiger partial charge is 0.343 e.